The maximum atomic E-state index is 11.6. The van der Waals surface area contributed by atoms with Gasteiger partial charge in [-0.3, -0.25) is 4.79 Å². The molecule has 5 nitrogen and oxygen atoms in total. The summed E-state index contributed by atoms with van der Waals surface area (Å²) in [6, 6.07) is 0. The van der Waals surface area contributed by atoms with Crippen LogP contribution < -0.4 is 5.56 Å². The molecule has 0 radical (unpaired) electrons. The zero-order valence-corrected chi connectivity index (χ0v) is 8.82. The van der Waals surface area contributed by atoms with Gasteiger partial charge in [0.25, 0.3) is 5.56 Å². The largest absolute Gasteiger partial charge is 0.318 e. The van der Waals surface area contributed by atoms with Gasteiger partial charge in [-0.15, -0.1) is 0 Å². The van der Waals surface area contributed by atoms with Crippen LogP contribution in [0, 0.1) is 6.92 Å². The second-order valence-electron chi connectivity index (χ2n) is 3.04. The third-order valence-electron chi connectivity index (χ3n) is 2.11. The molecule has 6 heteroatoms. The summed E-state index contributed by atoms with van der Waals surface area (Å²) < 4.78 is 1.76. The number of allylic oxidation sites excluding steroid dienone is 1. The van der Waals surface area contributed by atoms with Crippen LogP contribution in [0.5, 0.6) is 0 Å². The van der Waals surface area contributed by atoms with Crippen molar-refractivity contribution < 1.29 is 0 Å². The quantitative estimate of drug-likeness (QED) is 0.833. The summed E-state index contributed by atoms with van der Waals surface area (Å²) in [6.07, 6.45) is 3.08. The SMILES string of the molecule is Cc1nc2nc[nH]c(=O)c2n1CC=CCl. The van der Waals surface area contributed by atoms with Crippen molar-refractivity contribution in [3.63, 3.8) is 0 Å². The Morgan fingerprint density at radius 3 is 3.20 bits per heavy atom. The van der Waals surface area contributed by atoms with Crippen molar-refractivity contribution >= 4 is 22.8 Å². The fourth-order valence-corrected chi connectivity index (χ4v) is 1.53. The minimum absolute atomic E-state index is 0.191. The number of H-pyrrole nitrogens is 1. The van der Waals surface area contributed by atoms with E-state index in [1.54, 1.807) is 10.6 Å². The summed E-state index contributed by atoms with van der Waals surface area (Å²) in [5.74, 6) is 0.740. The van der Waals surface area contributed by atoms with Crippen LogP contribution in [0.25, 0.3) is 11.2 Å². The van der Waals surface area contributed by atoms with Gasteiger partial charge in [-0.1, -0.05) is 17.7 Å². The maximum Gasteiger partial charge on any atom is 0.276 e. The molecule has 0 atom stereocenters. The van der Waals surface area contributed by atoms with E-state index in [1.165, 1.54) is 11.9 Å². The third-order valence-corrected chi connectivity index (χ3v) is 2.29. The first-order chi connectivity index (χ1) is 7.24. The monoisotopic (exact) mass is 224 g/mol. The van der Waals surface area contributed by atoms with Crippen molar-refractivity contribution in [1.29, 1.82) is 0 Å². The molecule has 0 amide bonds. The van der Waals surface area contributed by atoms with Gasteiger partial charge >= 0.3 is 0 Å². The van der Waals surface area contributed by atoms with Crippen molar-refractivity contribution in [2.75, 3.05) is 0 Å². The summed E-state index contributed by atoms with van der Waals surface area (Å²) in [6.45, 7) is 2.34. The number of imidazole rings is 1. The lowest BCUT2D eigenvalue weighted by Crippen LogP contribution is -2.11. The molecule has 2 heterocycles. The number of hydrogen-bond acceptors (Lipinski definition) is 3. The summed E-state index contributed by atoms with van der Waals surface area (Å²) in [5, 5.41) is 0. The van der Waals surface area contributed by atoms with Gasteiger partial charge in [-0.05, 0) is 6.92 Å². The molecular formula is C9H9ClN4O. The number of fused-ring (bicyclic) bond motifs is 1. The van der Waals surface area contributed by atoms with Gasteiger partial charge in [0.1, 0.15) is 5.82 Å². The van der Waals surface area contributed by atoms with Gasteiger partial charge in [0, 0.05) is 12.1 Å². The van der Waals surface area contributed by atoms with Crippen LogP contribution in [0.15, 0.2) is 22.7 Å². The average Bonchev–Trinajstić information content (AvgIpc) is 2.53. The lowest BCUT2D eigenvalue weighted by molar-refractivity contribution is 0.803. The Morgan fingerprint density at radius 2 is 2.47 bits per heavy atom. The van der Waals surface area contributed by atoms with E-state index in [9.17, 15) is 4.79 Å². The molecule has 0 unspecified atom stereocenters. The maximum absolute atomic E-state index is 11.6. The Hall–Kier alpha value is -1.62. The fourth-order valence-electron chi connectivity index (χ4n) is 1.45. The van der Waals surface area contributed by atoms with E-state index in [4.69, 9.17) is 11.6 Å². The highest BCUT2D eigenvalue weighted by Gasteiger charge is 2.09. The number of nitrogens with zero attached hydrogens (tertiary/aromatic N) is 3. The predicted molar refractivity (Wildman–Crippen MR) is 57.9 cm³/mol. The molecule has 2 rings (SSSR count). The molecule has 0 aliphatic carbocycles. The minimum Gasteiger partial charge on any atom is -0.318 e. The van der Waals surface area contributed by atoms with Crippen LogP contribution in [0.3, 0.4) is 0 Å². The molecular weight excluding hydrogens is 216 g/mol. The van der Waals surface area contributed by atoms with Crippen LogP contribution in [-0.4, -0.2) is 19.5 Å². The molecule has 78 valence electrons. The zero-order chi connectivity index (χ0) is 10.8. The number of halogens is 1. The Morgan fingerprint density at radius 1 is 1.67 bits per heavy atom. The van der Waals surface area contributed by atoms with E-state index >= 15 is 0 Å². The van der Waals surface area contributed by atoms with Gasteiger partial charge in [-0.2, -0.15) is 0 Å². The summed E-state index contributed by atoms with van der Waals surface area (Å²) in [4.78, 5) is 22.3. The lowest BCUT2D eigenvalue weighted by atomic mass is 10.5. The summed E-state index contributed by atoms with van der Waals surface area (Å²) in [5.41, 5.74) is 2.16. The normalized spacial score (nSPS) is 11.6. The number of aryl methyl sites for hydroxylation is 1. The minimum atomic E-state index is -0.191. The van der Waals surface area contributed by atoms with Gasteiger partial charge in [-0.25, -0.2) is 9.97 Å². The summed E-state index contributed by atoms with van der Waals surface area (Å²) in [7, 11) is 0. The Bertz CT molecular complexity index is 569. The van der Waals surface area contributed by atoms with Crippen molar-refractivity contribution in [1.82, 2.24) is 19.5 Å². The first kappa shape index (κ1) is 9.92. The second kappa shape index (κ2) is 3.86. The highest BCUT2D eigenvalue weighted by Crippen LogP contribution is 2.08. The number of aromatic amines is 1. The van der Waals surface area contributed by atoms with Crippen LogP contribution in [0.1, 0.15) is 5.82 Å². The topological polar surface area (TPSA) is 63.6 Å². The van der Waals surface area contributed by atoms with Gasteiger partial charge in [0.15, 0.2) is 11.2 Å². The molecule has 0 bridgehead atoms. The van der Waals surface area contributed by atoms with Crippen LogP contribution in [-0.2, 0) is 6.54 Å². The van der Waals surface area contributed by atoms with Gasteiger partial charge in [0.05, 0.1) is 6.33 Å². The molecule has 1 N–H and O–H groups in total. The Labute approximate surface area is 90.4 Å². The standard InChI is InChI=1S/C9H9ClN4O/c1-6-13-8-7(9(15)12-5-11-8)14(6)4-2-3-10/h2-3,5H,4H2,1H3,(H,11,12,15). The average molecular weight is 225 g/mol. The van der Waals surface area contributed by atoms with E-state index in [0.29, 0.717) is 17.7 Å². The lowest BCUT2D eigenvalue weighted by Gasteiger charge is -2.00. The summed E-state index contributed by atoms with van der Waals surface area (Å²) >= 11 is 5.45. The van der Waals surface area contributed by atoms with Crippen molar-refractivity contribution in [3.05, 3.63) is 34.1 Å². The molecule has 2 aromatic heterocycles. The molecule has 0 spiro atoms. The first-order valence-electron chi connectivity index (χ1n) is 4.40. The highest BCUT2D eigenvalue weighted by molar-refractivity contribution is 6.25. The van der Waals surface area contributed by atoms with Crippen LogP contribution >= 0.6 is 11.6 Å². The molecule has 0 fully saturated rings. The van der Waals surface area contributed by atoms with E-state index in [0.717, 1.165) is 5.82 Å². The molecule has 15 heavy (non-hydrogen) atoms. The van der Waals surface area contributed by atoms with E-state index in [-0.39, 0.29) is 5.56 Å². The molecule has 0 saturated heterocycles. The third kappa shape index (κ3) is 1.66. The fraction of sp³-hybridized carbons (Fsp3) is 0.222. The Kier molecular flexibility index (Phi) is 2.55. The van der Waals surface area contributed by atoms with Crippen LogP contribution in [0.2, 0.25) is 0 Å². The number of rotatable bonds is 2. The van der Waals surface area contributed by atoms with E-state index in [1.807, 2.05) is 6.92 Å². The first-order valence-corrected chi connectivity index (χ1v) is 4.83. The predicted octanol–water partition coefficient (Wildman–Crippen LogP) is 1.18. The zero-order valence-electron chi connectivity index (χ0n) is 8.07. The van der Waals surface area contributed by atoms with Crippen molar-refractivity contribution in [3.8, 4) is 0 Å². The van der Waals surface area contributed by atoms with Crippen molar-refractivity contribution in [2.45, 2.75) is 13.5 Å². The second-order valence-corrected chi connectivity index (χ2v) is 3.29. The smallest absolute Gasteiger partial charge is 0.276 e. The number of hydrogen-bond donors (Lipinski definition) is 1. The molecule has 0 aromatic carbocycles. The van der Waals surface area contributed by atoms with E-state index < -0.39 is 0 Å². The molecule has 0 aliphatic heterocycles. The Balaban J connectivity index is 2.71. The van der Waals surface area contributed by atoms with Crippen LogP contribution in [0.4, 0.5) is 0 Å². The molecule has 0 saturated carbocycles. The van der Waals surface area contributed by atoms with Gasteiger partial charge in [0.2, 0.25) is 0 Å². The molecule has 0 aliphatic rings. The number of aromatic nitrogens is 4. The van der Waals surface area contributed by atoms with Gasteiger partial charge < -0.3 is 9.55 Å². The molecule has 2 aromatic rings. The highest BCUT2D eigenvalue weighted by atomic mass is 35.5. The number of nitrogens with one attached hydrogen (secondary N) is 1. The van der Waals surface area contributed by atoms with E-state index in [2.05, 4.69) is 15.0 Å². The van der Waals surface area contributed by atoms with Crippen molar-refractivity contribution in [2.24, 2.45) is 0 Å².